The zero-order valence-corrected chi connectivity index (χ0v) is 18.6. The zero-order chi connectivity index (χ0) is 22.9. The van der Waals surface area contributed by atoms with E-state index in [1.807, 2.05) is 42.0 Å². The van der Waals surface area contributed by atoms with E-state index in [2.05, 4.69) is 16.1 Å². The summed E-state index contributed by atoms with van der Waals surface area (Å²) in [6.07, 6.45) is 1.58. The molecule has 1 aliphatic heterocycles. The number of carbonyl (C=O) groups excluding carboxylic acids is 1. The van der Waals surface area contributed by atoms with Gasteiger partial charge in [0.25, 0.3) is 0 Å². The lowest BCUT2D eigenvalue weighted by atomic mass is 10.1. The van der Waals surface area contributed by atoms with Gasteiger partial charge in [-0.3, -0.25) is 4.79 Å². The van der Waals surface area contributed by atoms with Crippen LogP contribution in [0.1, 0.15) is 36.5 Å². The van der Waals surface area contributed by atoms with Gasteiger partial charge in [-0.1, -0.05) is 36.4 Å². The number of aliphatic imine (C=N–C) groups is 1. The van der Waals surface area contributed by atoms with E-state index in [1.54, 1.807) is 12.1 Å². The highest BCUT2D eigenvalue weighted by atomic mass is 19.3. The summed E-state index contributed by atoms with van der Waals surface area (Å²) < 4.78 is 29.0. The van der Waals surface area contributed by atoms with Crippen molar-refractivity contribution >= 4 is 11.9 Å². The molecule has 1 heterocycles. The van der Waals surface area contributed by atoms with Crippen molar-refractivity contribution in [3.8, 4) is 5.75 Å². The van der Waals surface area contributed by atoms with Gasteiger partial charge in [-0.25, -0.2) is 4.99 Å². The van der Waals surface area contributed by atoms with Crippen molar-refractivity contribution in [1.29, 1.82) is 0 Å². The summed E-state index contributed by atoms with van der Waals surface area (Å²) in [7, 11) is 1.93. The van der Waals surface area contributed by atoms with Crippen molar-refractivity contribution in [2.75, 3.05) is 20.1 Å². The van der Waals surface area contributed by atoms with Crippen LogP contribution in [0.15, 0.2) is 53.5 Å². The highest BCUT2D eigenvalue weighted by Crippen LogP contribution is 2.17. The van der Waals surface area contributed by atoms with E-state index in [0.29, 0.717) is 26.1 Å². The Balaban J connectivity index is 1.62. The van der Waals surface area contributed by atoms with Crippen LogP contribution in [0.4, 0.5) is 8.78 Å². The maximum Gasteiger partial charge on any atom is 0.387 e. The summed E-state index contributed by atoms with van der Waals surface area (Å²) in [5.41, 5.74) is 3.14. The lowest BCUT2D eigenvalue weighted by Crippen LogP contribution is -2.38. The van der Waals surface area contributed by atoms with E-state index in [-0.39, 0.29) is 11.7 Å². The van der Waals surface area contributed by atoms with Crippen LogP contribution in [0, 0.1) is 0 Å². The molecule has 0 saturated carbocycles. The third-order valence-corrected chi connectivity index (χ3v) is 5.21. The molecule has 32 heavy (non-hydrogen) atoms. The summed E-state index contributed by atoms with van der Waals surface area (Å²) >= 11 is 0. The number of likely N-dealkylation sites (tertiary alicyclic amines) is 1. The minimum atomic E-state index is -2.83. The topological polar surface area (TPSA) is 57.2 Å². The van der Waals surface area contributed by atoms with Gasteiger partial charge < -0.3 is 19.9 Å². The van der Waals surface area contributed by atoms with Gasteiger partial charge in [0.2, 0.25) is 5.91 Å². The highest BCUT2D eigenvalue weighted by molar-refractivity contribution is 5.79. The van der Waals surface area contributed by atoms with E-state index in [1.165, 1.54) is 12.1 Å². The molecule has 2 aromatic carbocycles. The van der Waals surface area contributed by atoms with Crippen LogP contribution >= 0.6 is 0 Å². The average Bonchev–Trinajstić information content (AvgIpc) is 3.16. The van der Waals surface area contributed by atoms with Gasteiger partial charge in [0.1, 0.15) is 5.75 Å². The van der Waals surface area contributed by atoms with Gasteiger partial charge in [0.05, 0.1) is 6.54 Å². The molecule has 0 aromatic heterocycles. The predicted octanol–water partition coefficient (Wildman–Crippen LogP) is 4.01. The molecule has 2 aromatic rings. The van der Waals surface area contributed by atoms with Crippen LogP contribution in [0.3, 0.4) is 0 Å². The second-order valence-electron chi connectivity index (χ2n) is 7.79. The van der Waals surface area contributed by atoms with Gasteiger partial charge in [0, 0.05) is 39.6 Å². The van der Waals surface area contributed by atoms with Crippen LogP contribution in [0.25, 0.3) is 0 Å². The Morgan fingerprint density at radius 3 is 2.59 bits per heavy atom. The maximum absolute atomic E-state index is 12.3. The predicted molar refractivity (Wildman–Crippen MR) is 120 cm³/mol. The molecule has 1 N–H and O–H groups in total. The highest BCUT2D eigenvalue weighted by Gasteiger charge is 2.20. The largest absolute Gasteiger partial charge is 0.435 e. The fraction of sp³-hybridized carbons (Fsp3) is 0.417. The number of amides is 1. The first-order chi connectivity index (χ1) is 15.4. The number of nitrogens with one attached hydrogen (secondary N) is 1. The Bertz CT molecular complexity index is 918. The van der Waals surface area contributed by atoms with E-state index in [0.717, 1.165) is 42.2 Å². The first kappa shape index (κ1) is 23.5. The van der Waals surface area contributed by atoms with Crippen molar-refractivity contribution in [2.45, 2.75) is 46.0 Å². The molecule has 1 aliphatic rings. The Kier molecular flexibility index (Phi) is 8.41. The third kappa shape index (κ3) is 6.93. The monoisotopic (exact) mass is 444 g/mol. The molecule has 0 aliphatic carbocycles. The van der Waals surface area contributed by atoms with E-state index < -0.39 is 6.61 Å². The Morgan fingerprint density at radius 2 is 1.94 bits per heavy atom. The second-order valence-corrected chi connectivity index (χ2v) is 7.79. The lowest BCUT2D eigenvalue weighted by molar-refractivity contribution is -0.128. The van der Waals surface area contributed by atoms with Crippen molar-refractivity contribution < 1.29 is 18.3 Å². The minimum absolute atomic E-state index is 0.141. The van der Waals surface area contributed by atoms with Crippen molar-refractivity contribution in [3.05, 3.63) is 65.2 Å². The van der Waals surface area contributed by atoms with Crippen LogP contribution in [-0.2, 0) is 24.4 Å². The van der Waals surface area contributed by atoms with Gasteiger partial charge >= 0.3 is 6.61 Å². The molecule has 0 unspecified atom stereocenters. The SMILES string of the molecule is CCNC(=NCc1cccc(CN2CCCC2=O)c1)N(C)Cc1ccc(OC(F)F)cc1. The van der Waals surface area contributed by atoms with E-state index >= 15 is 0 Å². The average molecular weight is 445 g/mol. The van der Waals surface area contributed by atoms with Crippen LogP contribution in [-0.4, -0.2) is 48.4 Å². The van der Waals surface area contributed by atoms with Crippen LogP contribution in [0.2, 0.25) is 0 Å². The first-order valence-corrected chi connectivity index (χ1v) is 10.8. The number of hydrogen-bond donors (Lipinski definition) is 1. The van der Waals surface area contributed by atoms with Gasteiger partial charge in [-0.15, -0.1) is 0 Å². The summed E-state index contributed by atoms with van der Waals surface area (Å²) in [6.45, 7) is 2.45. The molecule has 0 radical (unpaired) electrons. The van der Waals surface area contributed by atoms with Gasteiger partial charge in [0.15, 0.2) is 5.96 Å². The number of halogens is 2. The lowest BCUT2D eigenvalue weighted by Gasteiger charge is -2.22. The van der Waals surface area contributed by atoms with Gasteiger partial charge in [-0.2, -0.15) is 8.78 Å². The third-order valence-electron chi connectivity index (χ3n) is 5.21. The van der Waals surface area contributed by atoms with Gasteiger partial charge in [-0.05, 0) is 42.2 Å². The first-order valence-electron chi connectivity index (χ1n) is 10.8. The van der Waals surface area contributed by atoms with Crippen molar-refractivity contribution in [3.63, 3.8) is 0 Å². The smallest absolute Gasteiger partial charge is 0.387 e. The number of hydrogen-bond acceptors (Lipinski definition) is 3. The molecule has 0 spiro atoms. The molecule has 1 amide bonds. The molecule has 172 valence electrons. The fourth-order valence-electron chi connectivity index (χ4n) is 3.68. The standard InChI is InChI=1S/C24H30F2N4O2/c1-3-27-24(29(2)16-18-9-11-21(12-10-18)32-23(25)26)28-15-19-6-4-7-20(14-19)17-30-13-5-8-22(30)31/h4,6-7,9-12,14,23H,3,5,8,13,15-17H2,1-2H3,(H,27,28). The molecule has 1 saturated heterocycles. The number of nitrogens with zero attached hydrogens (tertiary/aromatic N) is 3. The van der Waals surface area contributed by atoms with E-state index in [9.17, 15) is 13.6 Å². The number of guanidine groups is 1. The second kappa shape index (κ2) is 11.5. The minimum Gasteiger partial charge on any atom is -0.435 e. The van der Waals surface area contributed by atoms with Crippen LogP contribution < -0.4 is 10.1 Å². The molecule has 6 nitrogen and oxygen atoms in total. The number of alkyl halides is 2. The molecular formula is C24H30F2N4O2. The number of benzene rings is 2. The zero-order valence-electron chi connectivity index (χ0n) is 18.6. The Labute approximate surface area is 187 Å². The molecule has 8 heteroatoms. The normalized spacial score (nSPS) is 14.2. The molecular weight excluding hydrogens is 414 g/mol. The summed E-state index contributed by atoms with van der Waals surface area (Å²) in [5, 5.41) is 3.29. The van der Waals surface area contributed by atoms with Crippen molar-refractivity contribution in [1.82, 2.24) is 15.1 Å². The Hall–Kier alpha value is -3.16. The van der Waals surface area contributed by atoms with Crippen LogP contribution in [0.5, 0.6) is 5.75 Å². The van der Waals surface area contributed by atoms with Crippen molar-refractivity contribution in [2.24, 2.45) is 4.99 Å². The number of rotatable bonds is 9. The molecule has 3 rings (SSSR count). The molecule has 0 bridgehead atoms. The maximum atomic E-state index is 12.3. The molecule has 0 atom stereocenters. The number of carbonyl (C=O) groups is 1. The summed E-state index contributed by atoms with van der Waals surface area (Å²) in [6, 6.07) is 14.8. The fourth-order valence-corrected chi connectivity index (χ4v) is 3.68. The summed E-state index contributed by atoms with van der Waals surface area (Å²) in [5.74, 6) is 1.11. The quantitative estimate of drug-likeness (QED) is 0.469. The van der Waals surface area contributed by atoms with E-state index in [4.69, 9.17) is 4.99 Å². The Morgan fingerprint density at radius 1 is 1.19 bits per heavy atom. The summed E-state index contributed by atoms with van der Waals surface area (Å²) in [4.78, 5) is 20.5. The number of ether oxygens (including phenoxy) is 1. The molecule has 1 fully saturated rings.